The first-order valence-electron chi connectivity index (χ1n) is 3.52. The van der Waals surface area contributed by atoms with Crippen LogP contribution in [0.1, 0.15) is 16.4 Å². The molecule has 13 heavy (non-hydrogen) atoms. The molecular formula is C7H8N3O2S. The van der Waals surface area contributed by atoms with E-state index in [0.29, 0.717) is 12.2 Å². The minimum atomic E-state index is -0.509. The molecule has 1 aromatic heterocycles. The molecule has 6 heteroatoms. The number of hydrogen-bond donors (Lipinski definition) is 0. The predicted octanol–water partition coefficient (Wildman–Crippen LogP) is 0.0209. The fourth-order valence-corrected chi connectivity index (χ4v) is 0.978. The molecule has 1 aromatic rings. The van der Waals surface area contributed by atoms with Crippen molar-refractivity contribution in [3.05, 3.63) is 11.6 Å². The van der Waals surface area contributed by atoms with Crippen molar-refractivity contribution in [2.45, 2.75) is 6.42 Å². The van der Waals surface area contributed by atoms with Crippen LogP contribution < -0.4 is 0 Å². The van der Waals surface area contributed by atoms with E-state index in [9.17, 15) is 4.79 Å². The Kier molecular flexibility index (Phi) is 3.07. The summed E-state index contributed by atoms with van der Waals surface area (Å²) in [4.78, 5) is 11.1. The number of methoxy groups -OCH3 is 1. The van der Waals surface area contributed by atoms with E-state index in [1.807, 2.05) is 0 Å². The van der Waals surface area contributed by atoms with Gasteiger partial charge in [0.2, 0.25) is 5.82 Å². The van der Waals surface area contributed by atoms with Crippen LogP contribution in [0.15, 0.2) is 0 Å². The summed E-state index contributed by atoms with van der Waals surface area (Å²) >= 11 is 4.55. The molecule has 1 heterocycles. The Labute approximate surface area is 80.7 Å². The molecule has 0 unspecified atom stereocenters. The number of thiocarbonyl (C=S) groups is 1. The lowest BCUT2D eigenvalue weighted by molar-refractivity contribution is 0.0582. The van der Waals surface area contributed by atoms with Crippen molar-refractivity contribution in [2.24, 2.45) is 7.05 Å². The molecule has 1 radical (unpaired) electrons. The lowest BCUT2D eigenvalue weighted by atomic mass is 10.4. The first-order chi connectivity index (χ1) is 6.20. The average molecular weight is 198 g/mol. The molecule has 0 bridgehead atoms. The highest BCUT2D eigenvalue weighted by Crippen LogP contribution is 2.00. The van der Waals surface area contributed by atoms with Crippen LogP contribution in [-0.4, -0.2) is 33.2 Å². The van der Waals surface area contributed by atoms with Gasteiger partial charge in [0.25, 0.3) is 0 Å². The average Bonchev–Trinajstić information content (AvgIpc) is 2.48. The van der Waals surface area contributed by atoms with E-state index in [-0.39, 0.29) is 5.82 Å². The summed E-state index contributed by atoms with van der Waals surface area (Å²) in [5.41, 5.74) is 0. The maximum absolute atomic E-state index is 11.1. The summed E-state index contributed by atoms with van der Waals surface area (Å²) in [7, 11) is 2.97. The highest BCUT2D eigenvalue weighted by atomic mass is 32.1. The molecule has 0 aromatic carbocycles. The summed E-state index contributed by atoms with van der Waals surface area (Å²) < 4.78 is 6.03. The number of ether oxygens (including phenoxy) is 1. The second-order valence-corrected chi connectivity index (χ2v) is 2.60. The van der Waals surface area contributed by atoms with E-state index >= 15 is 0 Å². The van der Waals surface area contributed by atoms with Crippen molar-refractivity contribution in [2.75, 3.05) is 7.11 Å². The zero-order chi connectivity index (χ0) is 9.84. The third kappa shape index (κ3) is 1.89. The predicted molar refractivity (Wildman–Crippen MR) is 48.6 cm³/mol. The van der Waals surface area contributed by atoms with Crippen molar-refractivity contribution in [3.63, 3.8) is 0 Å². The van der Waals surface area contributed by atoms with Gasteiger partial charge in [0, 0.05) is 18.8 Å². The normalized spacial score (nSPS) is 9.69. The summed E-state index contributed by atoms with van der Waals surface area (Å²) in [6.07, 6.45) is 0.385. The third-order valence-corrected chi connectivity index (χ3v) is 1.71. The second kappa shape index (κ2) is 4.08. The van der Waals surface area contributed by atoms with Crippen LogP contribution in [0.4, 0.5) is 0 Å². The maximum atomic E-state index is 11.1. The van der Waals surface area contributed by atoms with Gasteiger partial charge >= 0.3 is 5.97 Å². The number of rotatable bonds is 3. The van der Waals surface area contributed by atoms with Crippen molar-refractivity contribution in [3.8, 4) is 0 Å². The second-order valence-electron chi connectivity index (χ2n) is 2.31. The molecule has 5 nitrogen and oxygen atoms in total. The molecule has 0 atom stereocenters. The molecular weight excluding hydrogens is 190 g/mol. The van der Waals surface area contributed by atoms with Gasteiger partial charge in [-0.2, -0.15) is 0 Å². The highest BCUT2D eigenvalue weighted by molar-refractivity contribution is 7.78. The Balaban J connectivity index is 2.98. The zero-order valence-corrected chi connectivity index (χ0v) is 8.09. The molecule has 0 aliphatic carbocycles. The van der Waals surface area contributed by atoms with Gasteiger partial charge in [0.15, 0.2) is 0 Å². The van der Waals surface area contributed by atoms with E-state index in [0.717, 1.165) is 0 Å². The number of hydrogen-bond acceptors (Lipinski definition) is 5. The first kappa shape index (κ1) is 9.79. The molecule has 0 aliphatic heterocycles. The monoisotopic (exact) mass is 198 g/mol. The topological polar surface area (TPSA) is 57.0 Å². The van der Waals surface area contributed by atoms with Gasteiger partial charge in [-0.05, 0) is 0 Å². The smallest absolute Gasteiger partial charge is 0.376 e. The lowest BCUT2D eigenvalue weighted by Gasteiger charge is -1.98. The Morgan fingerprint density at radius 1 is 1.69 bits per heavy atom. The van der Waals surface area contributed by atoms with Gasteiger partial charge in [0.05, 0.1) is 7.11 Å². The molecule has 0 fully saturated rings. The van der Waals surface area contributed by atoms with Crippen molar-refractivity contribution in [1.82, 2.24) is 14.8 Å². The van der Waals surface area contributed by atoms with E-state index < -0.39 is 5.97 Å². The summed E-state index contributed by atoms with van der Waals surface area (Å²) in [5.74, 6) is 0.253. The molecule has 0 aliphatic rings. The number of nitrogens with zero attached hydrogens (tertiary/aromatic N) is 3. The van der Waals surface area contributed by atoms with Crippen molar-refractivity contribution in [1.29, 1.82) is 0 Å². The number of carbonyl (C=O) groups excluding carboxylic acids is 1. The fourth-order valence-electron chi connectivity index (χ4n) is 0.849. The van der Waals surface area contributed by atoms with Crippen LogP contribution in [0.25, 0.3) is 0 Å². The van der Waals surface area contributed by atoms with Crippen LogP contribution in [0.5, 0.6) is 0 Å². The molecule has 1 rings (SSSR count). The van der Waals surface area contributed by atoms with Gasteiger partial charge < -0.3 is 9.30 Å². The Morgan fingerprint density at radius 2 is 2.38 bits per heavy atom. The van der Waals surface area contributed by atoms with Gasteiger partial charge in [0.1, 0.15) is 5.82 Å². The lowest BCUT2D eigenvalue weighted by Crippen LogP contribution is -2.10. The van der Waals surface area contributed by atoms with Crippen LogP contribution >= 0.6 is 12.2 Å². The van der Waals surface area contributed by atoms with Gasteiger partial charge in [-0.15, -0.1) is 10.2 Å². The van der Waals surface area contributed by atoms with Crippen LogP contribution in [-0.2, 0) is 18.2 Å². The quantitative estimate of drug-likeness (QED) is 0.506. The standard InChI is InChI=1S/C7H8N3O2S/c1-10-5(3-4-13)8-9-6(10)7(11)12-2/h3H2,1-2H3. The summed E-state index contributed by atoms with van der Waals surface area (Å²) in [6.45, 7) is 0. The van der Waals surface area contributed by atoms with E-state index in [4.69, 9.17) is 0 Å². The number of esters is 1. The zero-order valence-electron chi connectivity index (χ0n) is 7.27. The minimum Gasteiger partial charge on any atom is -0.463 e. The van der Waals surface area contributed by atoms with Gasteiger partial charge in [-0.3, -0.25) is 0 Å². The Morgan fingerprint density at radius 3 is 2.92 bits per heavy atom. The number of aromatic nitrogens is 3. The van der Waals surface area contributed by atoms with Crippen LogP contribution in [0.2, 0.25) is 0 Å². The molecule has 0 amide bonds. The van der Waals surface area contributed by atoms with E-state index in [1.54, 1.807) is 7.05 Å². The minimum absolute atomic E-state index is 0.169. The molecule has 0 saturated carbocycles. The molecule has 0 N–H and O–H groups in total. The summed E-state index contributed by atoms with van der Waals surface area (Å²) in [5, 5.41) is 9.92. The van der Waals surface area contributed by atoms with Crippen molar-refractivity contribution >= 4 is 23.6 Å². The molecule has 69 valence electrons. The largest absolute Gasteiger partial charge is 0.463 e. The van der Waals surface area contributed by atoms with Crippen LogP contribution in [0.3, 0.4) is 0 Å². The van der Waals surface area contributed by atoms with E-state index in [1.165, 1.54) is 11.7 Å². The Bertz CT molecular complexity index is 334. The fraction of sp³-hybridized carbons (Fsp3) is 0.429. The Hall–Kier alpha value is -1.30. The summed E-state index contributed by atoms with van der Waals surface area (Å²) in [6, 6.07) is 0. The molecule has 0 spiro atoms. The SMILES string of the molecule is COC(=O)c1nnc(C[C]=S)n1C. The van der Waals surface area contributed by atoms with Crippen molar-refractivity contribution < 1.29 is 9.53 Å². The van der Waals surface area contributed by atoms with E-state index in [2.05, 4.69) is 32.5 Å². The molecule has 0 saturated heterocycles. The third-order valence-electron chi connectivity index (χ3n) is 1.56. The van der Waals surface area contributed by atoms with Gasteiger partial charge in [-0.25, -0.2) is 4.79 Å². The van der Waals surface area contributed by atoms with Gasteiger partial charge in [-0.1, -0.05) is 12.2 Å². The highest BCUT2D eigenvalue weighted by Gasteiger charge is 2.15. The first-order valence-corrected chi connectivity index (χ1v) is 3.93. The maximum Gasteiger partial charge on any atom is 0.376 e. The number of carbonyl (C=O) groups is 1. The van der Waals surface area contributed by atoms with Crippen LogP contribution in [0, 0.1) is 0 Å².